The normalized spacial score (nSPS) is 10.8. The second kappa shape index (κ2) is 8.47. The van der Waals surface area contributed by atoms with Crippen molar-refractivity contribution in [3.8, 4) is 5.75 Å². The van der Waals surface area contributed by atoms with Crippen molar-refractivity contribution >= 4 is 0 Å². The molecule has 0 unspecified atom stereocenters. The number of para-hydroxylation sites is 1. The first kappa shape index (κ1) is 15.6. The highest BCUT2D eigenvalue weighted by Crippen LogP contribution is 2.23. The van der Waals surface area contributed by atoms with Gasteiger partial charge in [0.2, 0.25) is 0 Å². The highest BCUT2D eigenvalue weighted by Gasteiger charge is 2.06. The molecule has 0 fully saturated rings. The molecule has 2 rings (SSSR count). The monoisotopic (exact) mass is 287 g/mol. The van der Waals surface area contributed by atoms with E-state index in [0.717, 1.165) is 44.8 Å². The van der Waals surface area contributed by atoms with Crippen LogP contribution in [0.15, 0.2) is 36.9 Å². The molecule has 4 nitrogen and oxygen atoms in total. The predicted molar refractivity (Wildman–Crippen MR) is 85.5 cm³/mol. The van der Waals surface area contributed by atoms with E-state index in [1.165, 1.54) is 11.1 Å². The van der Waals surface area contributed by atoms with Crippen LogP contribution in [0.4, 0.5) is 0 Å². The van der Waals surface area contributed by atoms with Gasteiger partial charge in [-0.25, -0.2) is 4.98 Å². The number of hydrogen-bond donors (Lipinski definition) is 1. The SMILES string of the molecule is CCCNCc1cccc(C)c1OCCCn1ccnc1. The van der Waals surface area contributed by atoms with E-state index >= 15 is 0 Å². The lowest BCUT2D eigenvalue weighted by Gasteiger charge is -2.14. The summed E-state index contributed by atoms with van der Waals surface area (Å²) in [7, 11) is 0. The highest BCUT2D eigenvalue weighted by atomic mass is 16.5. The van der Waals surface area contributed by atoms with Crippen molar-refractivity contribution in [1.29, 1.82) is 0 Å². The Labute approximate surface area is 127 Å². The molecule has 1 N–H and O–H groups in total. The van der Waals surface area contributed by atoms with Gasteiger partial charge in [0, 0.05) is 31.0 Å². The fraction of sp³-hybridized carbons (Fsp3) is 0.471. The number of hydrogen-bond acceptors (Lipinski definition) is 3. The molecule has 1 aromatic carbocycles. The number of ether oxygens (including phenoxy) is 1. The van der Waals surface area contributed by atoms with Gasteiger partial charge in [-0.1, -0.05) is 25.1 Å². The van der Waals surface area contributed by atoms with Gasteiger partial charge in [-0.2, -0.15) is 0 Å². The second-order valence-corrected chi connectivity index (χ2v) is 5.24. The molecule has 0 amide bonds. The van der Waals surface area contributed by atoms with Gasteiger partial charge in [0.1, 0.15) is 5.75 Å². The maximum atomic E-state index is 6.02. The number of nitrogens with one attached hydrogen (secondary N) is 1. The van der Waals surface area contributed by atoms with Crippen molar-refractivity contribution in [2.24, 2.45) is 0 Å². The minimum atomic E-state index is 0.726. The molecule has 21 heavy (non-hydrogen) atoms. The van der Waals surface area contributed by atoms with Crippen LogP contribution in [0.5, 0.6) is 5.75 Å². The van der Waals surface area contributed by atoms with Gasteiger partial charge < -0.3 is 14.6 Å². The molecule has 0 aliphatic carbocycles. The Morgan fingerprint density at radius 1 is 1.33 bits per heavy atom. The molecule has 4 heteroatoms. The molecule has 0 aliphatic heterocycles. The second-order valence-electron chi connectivity index (χ2n) is 5.24. The van der Waals surface area contributed by atoms with Crippen LogP contribution in [0.2, 0.25) is 0 Å². The molecule has 1 heterocycles. The van der Waals surface area contributed by atoms with Crippen molar-refractivity contribution in [3.63, 3.8) is 0 Å². The molecule has 114 valence electrons. The Balaban J connectivity index is 1.85. The first-order chi connectivity index (χ1) is 10.3. The van der Waals surface area contributed by atoms with Crippen molar-refractivity contribution in [2.45, 2.75) is 39.8 Å². The molecule has 1 aromatic heterocycles. The summed E-state index contributed by atoms with van der Waals surface area (Å²) in [5.41, 5.74) is 2.44. The summed E-state index contributed by atoms with van der Waals surface area (Å²) in [5.74, 6) is 1.03. The van der Waals surface area contributed by atoms with E-state index < -0.39 is 0 Å². The van der Waals surface area contributed by atoms with Crippen LogP contribution in [0.1, 0.15) is 30.9 Å². The van der Waals surface area contributed by atoms with Crippen LogP contribution in [-0.2, 0) is 13.1 Å². The largest absolute Gasteiger partial charge is 0.493 e. The minimum absolute atomic E-state index is 0.726. The zero-order valence-corrected chi connectivity index (χ0v) is 13.0. The molecule has 0 radical (unpaired) electrons. The van der Waals surface area contributed by atoms with Crippen LogP contribution in [0, 0.1) is 6.92 Å². The average molecular weight is 287 g/mol. The predicted octanol–water partition coefficient (Wildman–Crippen LogP) is 3.16. The maximum Gasteiger partial charge on any atom is 0.126 e. The molecule has 0 bridgehead atoms. The topological polar surface area (TPSA) is 39.1 Å². The van der Waals surface area contributed by atoms with Crippen molar-refractivity contribution in [2.75, 3.05) is 13.2 Å². The fourth-order valence-corrected chi connectivity index (χ4v) is 2.30. The zero-order chi connectivity index (χ0) is 14.9. The van der Waals surface area contributed by atoms with Gasteiger partial charge in [0.15, 0.2) is 0 Å². The highest BCUT2D eigenvalue weighted by molar-refractivity contribution is 5.40. The Hall–Kier alpha value is -1.81. The number of rotatable bonds is 9. The zero-order valence-electron chi connectivity index (χ0n) is 13.0. The number of nitrogens with zero attached hydrogens (tertiary/aromatic N) is 2. The summed E-state index contributed by atoms with van der Waals surface area (Å²) in [5, 5.41) is 3.44. The summed E-state index contributed by atoms with van der Waals surface area (Å²) in [4.78, 5) is 4.04. The third-order valence-electron chi connectivity index (χ3n) is 3.40. The van der Waals surface area contributed by atoms with Crippen LogP contribution in [-0.4, -0.2) is 22.7 Å². The number of imidazole rings is 1. The first-order valence-electron chi connectivity index (χ1n) is 7.69. The average Bonchev–Trinajstić information content (AvgIpc) is 2.99. The smallest absolute Gasteiger partial charge is 0.126 e. The Morgan fingerprint density at radius 2 is 2.24 bits per heavy atom. The van der Waals surface area contributed by atoms with Gasteiger partial charge in [0.05, 0.1) is 12.9 Å². The number of aryl methyl sites for hydroxylation is 2. The van der Waals surface area contributed by atoms with Gasteiger partial charge in [-0.05, 0) is 31.9 Å². The van der Waals surface area contributed by atoms with Crippen molar-refractivity contribution < 1.29 is 4.74 Å². The summed E-state index contributed by atoms with van der Waals surface area (Å²) in [6, 6.07) is 6.34. The van der Waals surface area contributed by atoms with Crippen molar-refractivity contribution in [3.05, 3.63) is 48.0 Å². The van der Waals surface area contributed by atoms with E-state index in [2.05, 4.69) is 46.9 Å². The van der Waals surface area contributed by atoms with E-state index in [0.29, 0.717) is 0 Å². The molecule has 0 saturated carbocycles. The Kier molecular flexibility index (Phi) is 6.28. The van der Waals surface area contributed by atoms with Crippen molar-refractivity contribution in [1.82, 2.24) is 14.9 Å². The minimum Gasteiger partial charge on any atom is -0.493 e. The van der Waals surface area contributed by atoms with E-state index in [1.54, 1.807) is 6.20 Å². The lowest BCUT2D eigenvalue weighted by Crippen LogP contribution is -2.15. The lowest BCUT2D eigenvalue weighted by molar-refractivity contribution is 0.296. The van der Waals surface area contributed by atoms with E-state index in [4.69, 9.17) is 4.74 Å². The molecule has 0 atom stereocenters. The fourth-order valence-electron chi connectivity index (χ4n) is 2.30. The standard InChI is InChI=1S/C17H25N3O/c1-3-8-18-13-16-7-4-6-15(2)17(16)21-12-5-10-20-11-9-19-14-20/h4,6-7,9,11,14,18H,3,5,8,10,12-13H2,1-2H3. The third-order valence-corrected chi connectivity index (χ3v) is 3.40. The summed E-state index contributed by atoms with van der Waals surface area (Å²) < 4.78 is 8.10. The Morgan fingerprint density at radius 3 is 3.00 bits per heavy atom. The molecule has 0 saturated heterocycles. The molecular weight excluding hydrogens is 262 g/mol. The van der Waals surface area contributed by atoms with Crippen LogP contribution in [0.25, 0.3) is 0 Å². The molecule has 0 spiro atoms. The van der Waals surface area contributed by atoms with E-state index in [9.17, 15) is 0 Å². The van der Waals surface area contributed by atoms with Crippen LogP contribution < -0.4 is 10.1 Å². The maximum absolute atomic E-state index is 6.02. The quantitative estimate of drug-likeness (QED) is 0.720. The van der Waals surface area contributed by atoms with Gasteiger partial charge in [0.25, 0.3) is 0 Å². The molecule has 0 aliphatic rings. The van der Waals surface area contributed by atoms with Gasteiger partial charge in [-0.15, -0.1) is 0 Å². The van der Waals surface area contributed by atoms with Crippen LogP contribution >= 0.6 is 0 Å². The number of benzene rings is 1. The van der Waals surface area contributed by atoms with Gasteiger partial charge in [-0.3, -0.25) is 0 Å². The summed E-state index contributed by atoms with van der Waals surface area (Å²) >= 11 is 0. The van der Waals surface area contributed by atoms with Crippen LogP contribution in [0.3, 0.4) is 0 Å². The third kappa shape index (κ3) is 4.90. The number of aromatic nitrogens is 2. The molecule has 2 aromatic rings. The first-order valence-corrected chi connectivity index (χ1v) is 7.69. The van der Waals surface area contributed by atoms with E-state index in [1.807, 2.05) is 12.5 Å². The van der Waals surface area contributed by atoms with E-state index in [-0.39, 0.29) is 0 Å². The summed E-state index contributed by atoms with van der Waals surface area (Å²) in [6.45, 7) is 7.85. The Bertz CT molecular complexity index is 523. The lowest BCUT2D eigenvalue weighted by atomic mass is 10.1. The summed E-state index contributed by atoms with van der Waals surface area (Å²) in [6.07, 6.45) is 7.75. The van der Waals surface area contributed by atoms with Gasteiger partial charge >= 0.3 is 0 Å². The molecular formula is C17H25N3O.